The summed E-state index contributed by atoms with van der Waals surface area (Å²) in [5.74, 6) is -0.286. The molecule has 1 aliphatic rings. The molecule has 3 N–H and O–H groups in total. The minimum atomic E-state index is -0.573. The van der Waals surface area contributed by atoms with E-state index < -0.39 is 5.54 Å². The molecule has 1 rings (SSSR count). The molecule has 0 aromatic carbocycles. The van der Waals surface area contributed by atoms with Crippen LogP contribution in [-0.4, -0.2) is 44.4 Å². The van der Waals surface area contributed by atoms with Gasteiger partial charge in [0.1, 0.15) is 0 Å². The zero-order valence-electron chi connectivity index (χ0n) is 10.1. The maximum atomic E-state index is 11.4. The van der Waals surface area contributed by atoms with Crippen molar-refractivity contribution in [2.45, 2.75) is 37.8 Å². The van der Waals surface area contributed by atoms with Gasteiger partial charge < -0.3 is 20.5 Å². The maximum absolute atomic E-state index is 11.4. The fourth-order valence-corrected chi connectivity index (χ4v) is 2.13. The van der Waals surface area contributed by atoms with Gasteiger partial charge >= 0.3 is 0 Å². The first-order valence-electron chi connectivity index (χ1n) is 5.83. The Labute approximate surface area is 96.7 Å². The van der Waals surface area contributed by atoms with E-state index in [1.807, 2.05) is 6.92 Å². The van der Waals surface area contributed by atoms with Crippen LogP contribution in [0.4, 0.5) is 0 Å². The van der Waals surface area contributed by atoms with Crippen molar-refractivity contribution in [2.24, 2.45) is 5.73 Å². The number of ether oxygens (including phenoxy) is 2. The molecule has 0 bridgehead atoms. The topological polar surface area (TPSA) is 73.6 Å². The van der Waals surface area contributed by atoms with Gasteiger partial charge in [0.25, 0.3) is 0 Å². The summed E-state index contributed by atoms with van der Waals surface area (Å²) in [6.07, 6.45) is 2.39. The summed E-state index contributed by atoms with van der Waals surface area (Å²) in [5, 5.41) is 3.02. The molecule has 0 spiro atoms. The summed E-state index contributed by atoms with van der Waals surface area (Å²) in [6, 6.07) is 0. The second-order valence-corrected chi connectivity index (χ2v) is 4.13. The van der Waals surface area contributed by atoms with Crippen LogP contribution in [0.2, 0.25) is 0 Å². The van der Waals surface area contributed by atoms with Crippen molar-refractivity contribution in [2.75, 3.05) is 26.9 Å². The molecule has 0 heterocycles. The van der Waals surface area contributed by atoms with Gasteiger partial charge in [-0.1, -0.05) is 0 Å². The van der Waals surface area contributed by atoms with Crippen LogP contribution < -0.4 is 11.1 Å². The molecule has 1 saturated carbocycles. The molecule has 0 aromatic heterocycles. The van der Waals surface area contributed by atoms with E-state index in [1.54, 1.807) is 7.05 Å². The molecular weight excluding hydrogens is 208 g/mol. The Hall–Kier alpha value is -0.650. The Morgan fingerprint density at radius 3 is 2.81 bits per heavy atom. The largest absolute Gasteiger partial charge is 0.379 e. The maximum Gasteiger partial charge on any atom is 0.237 e. The highest BCUT2D eigenvalue weighted by atomic mass is 16.5. The van der Waals surface area contributed by atoms with Crippen LogP contribution in [0, 0.1) is 0 Å². The number of hydrogen-bond acceptors (Lipinski definition) is 4. The molecule has 0 aromatic rings. The molecule has 16 heavy (non-hydrogen) atoms. The number of nitrogens with one attached hydrogen (secondary N) is 1. The minimum Gasteiger partial charge on any atom is -0.379 e. The van der Waals surface area contributed by atoms with E-state index in [0.29, 0.717) is 26.2 Å². The Bertz CT molecular complexity index is 235. The summed E-state index contributed by atoms with van der Waals surface area (Å²) in [7, 11) is 1.77. The van der Waals surface area contributed by atoms with E-state index in [-0.39, 0.29) is 12.0 Å². The van der Waals surface area contributed by atoms with Gasteiger partial charge in [-0.2, -0.15) is 0 Å². The lowest BCUT2D eigenvalue weighted by molar-refractivity contribution is -0.124. The van der Waals surface area contributed by atoms with Crippen LogP contribution in [0.3, 0.4) is 0 Å². The summed E-state index contributed by atoms with van der Waals surface area (Å²) < 4.78 is 10.8. The van der Waals surface area contributed by atoms with Gasteiger partial charge in [0.15, 0.2) is 0 Å². The second-order valence-electron chi connectivity index (χ2n) is 4.13. The van der Waals surface area contributed by atoms with Crippen LogP contribution in [-0.2, 0) is 14.3 Å². The van der Waals surface area contributed by atoms with Gasteiger partial charge in [0.2, 0.25) is 5.91 Å². The minimum absolute atomic E-state index is 0.111. The van der Waals surface area contributed by atoms with Crippen molar-refractivity contribution < 1.29 is 14.3 Å². The SMILES string of the molecule is CCOCCOC1CCC(NC)(C(N)=O)C1. The quantitative estimate of drug-likeness (QED) is 0.605. The molecule has 1 fully saturated rings. The highest BCUT2D eigenvalue weighted by Gasteiger charge is 2.43. The van der Waals surface area contributed by atoms with Gasteiger partial charge in [0.05, 0.1) is 24.9 Å². The summed E-state index contributed by atoms with van der Waals surface area (Å²) in [4.78, 5) is 11.4. The van der Waals surface area contributed by atoms with Gasteiger partial charge in [0, 0.05) is 13.0 Å². The third kappa shape index (κ3) is 3.17. The highest BCUT2D eigenvalue weighted by Crippen LogP contribution is 2.31. The van der Waals surface area contributed by atoms with Crippen molar-refractivity contribution in [3.05, 3.63) is 0 Å². The molecule has 2 unspecified atom stereocenters. The van der Waals surface area contributed by atoms with E-state index in [4.69, 9.17) is 15.2 Å². The van der Waals surface area contributed by atoms with Crippen LogP contribution >= 0.6 is 0 Å². The van der Waals surface area contributed by atoms with E-state index in [0.717, 1.165) is 12.8 Å². The molecule has 0 aliphatic heterocycles. The lowest BCUT2D eigenvalue weighted by Crippen LogP contribution is -2.52. The van der Waals surface area contributed by atoms with Crippen molar-refractivity contribution in [1.29, 1.82) is 0 Å². The number of carbonyl (C=O) groups is 1. The highest BCUT2D eigenvalue weighted by molar-refractivity contribution is 5.85. The molecular formula is C11H22N2O3. The average molecular weight is 230 g/mol. The van der Waals surface area contributed by atoms with Gasteiger partial charge in [-0.3, -0.25) is 4.79 Å². The number of carbonyl (C=O) groups excluding carboxylic acids is 1. The van der Waals surface area contributed by atoms with Crippen molar-refractivity contribution in [3.63, 3.8) is 0 Å². The summed E-state index contributed by atoms with van der Waals surface area (Å²) in [5.41, 5.74) is 4.83. The van der Waals surface area contributed by atoms with E-state index in [2.05, 4.69) is 5.32 Å². The smallest absolute Gasteiger partial charge is 0.237 e. The fraction of sp³-hybridized carbons (Fsp3) is 0.909. The molecule has 0 radical (unpaired) electrons. The second kappa shape index (κ2) is 6.18. The number of primary amides is 1. The zero-order valence-corrected chi connectivity index (χ0v) is 10.1. The first kappa shape index (κ1) is 13.4. The Morgan fingerprint density at radius 2 is 2.31 bits per heavy atom. The molecule has 1 amide bonds. The lowest BCUT2D eigenvalue weighted by Gasteiger charge is -2.24. The van der Waals surface area contributed by atoms with Gasteiger partial charge in [-0.15, -0.1) is 0 Å². The number of likely N-dealkylation sites (N-methyl/N-ethyl adjacent to an activating group) is 1. The Balaban J connectivity index is 2.31. The fourth-order valence-electron chi connectivity index (χ4n) is 2.13. The number of hydrogen-bond donors (Lipinski definition) is 2. The number of nitrogens with two attached hydrogens (primary N) is 1. The third-order valence-electron chi connectivity index (χ3n) is 3.20. The summed E-state index contributed by atoms with van der Waals surface area (Å²) >= 11 is 0. The standard InChI is InChI=1S/C11H22N2O3/c1-3-15-6-7-16-9-4-5-11(8-9,13-2)10(12)14/h9,13H,3-8H2,1-2H3,(H2,12,14). The van der Waals surface area contributed by atoms with Crippen LogP contribution in [0.5, 0.6) is 0 Å². The molecule has 5 heteroatoms. The predicted octanol–water partition coefficient (Wildman–Crippen LogP) is 0.0355. The average Bonchev–Trinajstić information content (AvgIpc) is 2.69. The normalized spacial score (nSPS) is 29.5. The molecule has 1 aliphatic carbocycles. The van der Waals surface area contributed by atoms with E-state index >= 15 is 0 Å². The molecule has 0 saturated heterocycles. The monoisotopic (exact) mass is 230 g/mol. The number of amides is 1. The zero-order chi connectivity index (χ0) is 12.0. The van der Waals surface area contributed by atoms with Crippen LogP contribution in [0.1, 0.15) is 26.2 Å². The predicted molar refractivity (Wildman–Crippen MR) is 61.1 cm³/mol. The molecule has 94 valence electrons. The van der Waals surface area contributed by atoms with E-state index in [9.17, 15) is 4.79 Å². The Morgan fingerprint density at radius 1 is 1.56 bits per heavy atom. The third-order valence-corrected chi connectivity index (χ3v) is 3.20. The lowest BCUT2D eigenvalue weighted by atomic mass is 9.97. The van der Waals surface area contributed by atoms with Crippen molar-refractivity contribution >= 4 is 5.91 Å². The summed E-state index contributed by atoms with van der Waals surface area (Å²) in [6.45, 7) is 3.84. The van der Waals surface area contributed by atoms with Crippen LogP contribution in [0.25, 0.3) is 0 Å². The molecule has 5 nitrogen and oxygen atoms in total. The molecule has 2 atom stereocenters. The van der Waals surface area contributed by atoms with Crippen molar-refractivity contribution in [1.82, 2.24) is 5.32 Å². The van der Waals surface area contributed by atoms with Crippen LogP contribution in [0.15, 0.2) is 0 Å². The van der Waals surface area contributed by atoms with Gasteiger partial charge in [-0.25, -0.2) is 0 Å². The Kier molecular flexibility index (Phi) is 5.18. The first-order valence-corrected chi connectivity index (χ1v) is 5.83. The van der Waals surface area contributed by atoms with Gasteiger partial charge in [-0.05, 0) is 26.8 Å². The van der Waals surface area contributed by atoms with Crippen molar-refractivity contribution in [3.8, 4) is 0 Å². The first-order chi connectivity index (χ1) is 7.64. The van der Waals surface area contributed by atoms with E-state index in [1.165, 1.54) is 0 Å². The number of rotatable bonds is 7.